The van der Waals surface area contributed by atoms with E-state index >= 15 is 0 Å². The highest BCUT2D eigenvalue weighted by Crippen LogP contribution is 2.35. The maximum Gasteiger partial charge on any atom is 0.264 e. The number of hydrogen-bond acceptors (Lipinski definition) is 6. The van der Waals surface area contributed by atoms with Crippen LogP contribution in [0.15, 0.2) is 60.9 Å². The van der Waals surface area contributed by atoms with Gasteiger partial charge in [0.1, 0.15) is 17.1 Å². The molecule has 0 radical (unpaired) electrons. The first-order valence-corrected chi connectivity index (χ1v) is 14.9. The van der Waals surface area contributed by atoms with E-state index in [1.165, 1.54) is 11.6 Å². The van der Waals surface area contributed by atoms with Crippen LogP contribution in [-0.2, 0) is 24.2 Å². The number of carbonyl (C=O) groups is 1. The summed E-state index contributed by atoms with van der Waals surface area (Å²) >= 11 is 0. The van der Waals surface area contributed by atoms with Gasteiger partial charge < -0.3 is 19.7 Å². The van der Waals surface area contributed by atoms with Gasteiger partial charge in [-0.25, -0.2) is 13.8 Å². The fourth-order valence-electron chi connectivity index (χ4n) is 6.28. The Kier molecular flexibility index (Phi) is 8.69. The highest BCUT2D eigenvalue weighted by atomic mass is 19.3. The molecule has 0 spiro atoms. The van der Waals surface area contributed by atoms with Crippen LogP contribution in [0.3, 0.4) is 0 Å². The summed E-state index contributed by atoms with van der Waals surface area (Å²) in [4.78, 5) is 27.1. The average molecular weight is 590 g/mol. The van der Waals surface area contributed by atoms with Crippen LogP contribution in [0.25, 0.3) is 11.0 Å². The molecular formula is C33H37F2N5O3. The second-order valence-corrected chi connectivity index (χ2v) is 11.4. The van der Waals surface area contributed by atoms with Crippen molar-refractivity contribution in [1.29, 1.82) is 0 Å². The van der Waals surface area contributed by atoms with E-state index in [1.54, 1.807) is 12.3 Å². The number of β-amino-alcohol motifs (C(OH)–C–C–N with tert-alkyl or cyclic N) is 1. The van der Waals surface area contributed by atoms with Gasteiger partial charge in [0.25, 0.3) is 6.43 Å². The molecule has 0 unspecified atom stereocenters. The molecule has 6 rings (SSSR count). The summed E-state index contributed by atoms with van der Waals surface area (Å²) in [5.74, 6) is 1.30. The van der Waals surface area contributed by atoms with E-state index in [2.05, 4.69) is 25.8 Å². The molecule has 43 heavy (non-hydrogen) atoms. The third-order valence-corrected chi connectivity index (χ3v) is 8.70. The van der Waals surface area contributed by atoms with Gasteiger partial charge in [0.15, 0.2) is 0 Å². The lowest BCUT2D eigenvalue weighted by Gasteiger charge is -2.36. The fraction of sp³-hybridized carbons (Fsp3) is 0.394. The number of nitrogens with zero attached hydrogens (tertiary/aromatic N) is 4. The van der Waals surface area contributed by atoms with Gasteiger partial charge in [-0.1, -0.05) is 18.2 Å². The largest absolute Gasteiger partial charge is 0.457 e. The average Bonchev–Trinajstić information content (AvgIpc) is 3.49. The zero-order valence-electron chi connectivity index (χ0n) is 24.3. The summed E-state index contributed by atoms with van der Waals surface area (Å²) in [5.41, 5.74) is 4.14. The molecule has 2 aromatic heterocycles. The van der Waals surface area contributed by atoms with Crippen molar-refractivity contribution in [2.24, 2.45) is 0 Å². The number of aliphatic hydroxyl groups excluding tert-OH is 1. The first-order chi connectivity index (χ1) is 20.9. The van der Waals surface area contributed by atoms with Crippen LogP contribution in [0.4, 0.5) is 8.78 Å². The molecule has 4 heterocycles. The lowest BCUT2D eigenvalue weighted by Crippen LogP contribution is -2.46. The van der Waals surface area contributed by atoms with Crippen LogP contribution in [0.1, 0.15) is 47.2 Å². The Morgan fingerprint density at radius 2 is 1.88 bits per heavy atom. The number of nitrogens with one attached hydrogen (secondary N) is 1. The number of rotatable bonds is 9. The molecule has 1 saturated heterocycles. The Morgan fingerprint density at radius 1 is 1.07 bits per heavy atom. The first-order valence-electron chi connectivity index (χ1n) is 14.9. The number of aromatic nitrogens is 2. The number of halogens is 2. The molecule has 2 N–H and O–H groups in total. The third kappa shape index (κ3) is 6.41. The predicted molar refractivity (Wildman–Crippen MR) is 160 cm³/mol. The van der Waals surface area contributed by atoms with Crippen molar-refractivity contribution >= 4 is 16.9 Å². The van der Waals surface area contributed by atoms with Gasteiger partial charge in [-0.15, -0.1) is 0 Å². The summed E-state index contributed by atoms with van der Waals surface area (Å²) in [6.45, 7) is 6.93. The predicted octanol–water partition coefficient (Wildman–Crippen LogP) is 5.09. The van der Waals surface area contributed by atoms with E-state index in [9.17, 15) is 13.6 Å². The standard InChI is InChI=1S/C33H37F2N5O3/c1-22-28-20-26(43-30-7-10-37-33-27(30)6-9-36-33)5-4-24(28)8-11-40(22)31(42)19-23-2-3-25(29(18-23)32(34)35)21-39-14-12-38(13-15-39)16-17-41/h2-7,9-10,18,20,22,32,41H,8,11-17,19,21H2,1H3,(H,36,37)/t22-/m0/s1. The van der Waals surface area contributed by atoms with Crippen molar-refractivity contribution in [2.45, 2.75) is 38.8 Å². The van der Waals surface area contributed by atoms with Crippen LogP contribution >= 0.6 is 0 Å². The molecule has 10 heteroatoms. The Bertz CT molecular complexity index is 1580. The number of aromatic amines is 1. The molecular weight excluding hydrogens is 552 g/mol. The molecule has 1 atom stereocenters. The number of fused-ring (bicyclic) bond motifs is 2. The van der Waals surface area contributed by atoms with E-state index in [1.807, 2.05) is 48.4 Å². The van der Waals surface area contributed by atoms with Crippen molar-refractivity contribution in [3.05, 3.63) is 88.7 Å². The summed E-state index contributed by atoms with van der Waals surface area (Å²) < 4.78 is 34.5. The summed E-state index contributed by atoms with van der Waals surface area (Å²) in [7, 11) is 0. The molecule has 0 saturated carbocycles. The summed E-state index contributed by atoms with van der Waals surface area (Å²) in [6, 6.07) is 14.6. The number of aliphatic hydroxyl groups is 1. The molecule has 2 aliphatic heterocycles. The summed E-state index contributed by atoms with van der Waals surface area (Å²) in [6.07, 6.45) is 1.69. The zero-order valence-corrected chi connectivity index (χ0v) is 24.3. The van der Waals surface area contributed by atoms with Gasteiger partial charge in [0.05, 0.1) is 24.5 Å². The minimum Gasteiger partial charge on any atom is -0.457 e. The first kappa shape index (κ1) is 29.2. The van der Waals surface area contributed by atoms with Crippen molar-refractivity contribution < 1.29 is 23.4 Å². The van der Waals surface area contributed by atoms with Gasteiger partial charge >= 0.3 is 0 Å². The monoisotopic (exact) mass is 589 g/mol. The maximum absolute atomic E-state index is 14.1. The minimum absolute atomic E-state index is 0.00504. The van der Waals surface area contributed by atoms with Crippen molar-refractivity contribution in [3.8, 4) is 11.5 Å². The number of H-pyrrole nitrogens is 1. The Hall–Kier alpha value is -3.86. The van der Waals surface area contributed by atoms with Crippen molar-refractivity contribution in [1.82, 2.24) is 24.7 Å². The second kappa shape index (κ2) is 12.8. The van der Waals surface area contributed by atoms with Crippen molar-refractivity contribution in [2.75, 3.05) is 45.9 Å². The highest BCUT2D eigenvalue weighted by molar-refractivity contribution is 5.82. The van der Waals surface area contributed by atoms with Crippen LogP contribution in [0.2, 0.25) is 0 Å². The molecule has 2 aromatic carbocycles. The Morgan fingerprint density at radius 3 is 2.67 bits per heavy atom. The Labute approximate surface area is 249 Å². The van der Waals surface area contributed by atoms with Gasteiger partial charge in [-0.2, -0.15) is 0 Å². The van der Waals surface area contributed by atoms with Crippen LogP contribution in [0.5, 0.6) is 11.5 Å². The molecule has 1 fully saturated rings. The number of benzene rings is 2. The number of pyridine rings is 1. The van der Waals surface area contributed by atoms with Gasteiger partial charge in [0, 0.05) is 63.8 Å². The molecule has 4 aromatic rings. The molecule has 0 bridgehead atoms. The quantitative estimate of drug-likeness (QED) is 0.283. The van der Waals surface area contributed by atoms with Crippen LogP contribution < -0.4 is 4.74 Å². The summed E-state index contributed by atoms with van der Waals surface area (Å²) in [5, 5.41) is 10.0. The van der Waals surface area contributed by atoms with Crippen LogP contribution in [0, 0.1) is 0 Å². The fourth-order valence-corrected chi connectivity index (χ4v) is 6.28. The molecule has 8 nitrogen and oxygen atoms in total. The number of carbonyl (C=O) groups excluding carboxylic acids is 1. The minimum atomic E-state index is -2.62. The lowest BCUT2D eigenvalue weighted by molar-refractivity contribution is -0.133. The van der Waals surface area contributed by atoms with E-state index in [0.717, 1.165) is 49.2 Å². The maximum atomic E-state index is 14.1. The zero-order chi connectivity index (χ0) is 29.9. The van der Waals surface area contributed by atoms with Gasteiger partial charge in [0.2, 0.25) is 5.91 Å². The molecule has 1 amide bonds. The van der Waals surface area contributed by atoms with E-state index in [-0.39, 0.29) is 30.5 Å². The lowest BCUT2D eigenvalue weighted by atomic mass is 9.92. The third-order valence-electron chi connectivity index (χ3n) is 8.70. The van der Waals surface area contributed by atoms with Gasteiger partial charge in [-0.05, 0) is 65.9 Å². The number of ether oxygens (including phenoxy) is 1. The number of amides is 1. The molecule has 0 aliphatic carbocycles. The molecule has 2 aliphatic rings. The Balaban J connectivity index is 1.13. The smallest absolute Gasteiger partial charge is 0.264 e. The normalized spacial score (nSPS) is 17.9. The number of piperazine rings is 1. The highest BCUT2D eigenvalue weighted by Gasteiger charge is 2.29. The number of alkyl halides is 2. The second-order valence-electron chi connectivity index (χ2n) is 11.4. The van der Waals surface area contributed by atoms with E-state index in [4.69, 9.17) is 9.84 Å². The van der Waals surface area contributed by atoms with Crippen molar-refractivity contribution in [3.63, 3.8) is 0 Å². The van der Waals surface area contributed by atoms with E-state index in [0.29, 0.717) is 42.3 Å². The SMILES string of the molecule is C[C@H]1c2cc(Oc3ccnc4[nH]ccc34)ccc2CCN1C(=O)Cc1ccc(CN2CCN(CCO)CC2)c(C(F)F)c1. The van der Waals surface area contributed by atoms with Crippen LogP contribution in [-0.4, -0.2) is 81.6 Å². The molecule has 226 valence electrons. The topological polar surface area (TPSA) is 84.9 Å². The van der Waals surface area contributed by atoms with E-state index < -0.39 is 6.43 Å². The number of hydrogen-bond donors (Lipinski definition) is 2. The van der Waals surface area contributed by atoms with Gasteiger partial charge in [-0.3, -0.25) is 14.6 Å².